The highest BCUT2D eigenvalue weighted by Crippen LogP contribution is 2.29. The van der Waals surface area contributed by atoms with Crippen molar-refractivity contribution in [3.63, 3.8) is 0 Å². The van der Waals surface area contributed by atoms with Crippen molar-refractivity contribution in [2.24, 2.45) is 0 Å². The van der Waals surface area contributed by atoms with Crippen LogP contribution in [0, 0.1) is 0 Å². The molecule has 0 amide bonds. The molecule has 0 radical (unpaired) electrons. The zero-order valence-electron chi connectivity index (χ0n) is 11.2. The molecule has 1 aromatic heterocycles. The van der Waals surface area contributed by atoms with Gasteiger partial charge in [0, 0.05) is 17.0 Å². The van der Waals surface area contributed by atoms with Crippen molar-refractivity contribution < 1.29 is 14.6 Å². The van der Waals surface area contributed by atoms with Crippen LogP contribution in [-0.4, -0.2) is 29.2 Å². The summed E-state index contributed by atoms with van der Waals surface area (Å²) in [5, 5.41) is 13.8. The van der Waals surface area contributed by atoms with Crippen LogP contribution in [0.5, 0.6) is 5.75 Å². The molecule has 1 unspecified atom stereocenters. The molecule has 0 aliphatic carbocycles. The summed E-state index contributed by atoms with van der Waals surface area (Å²) in [4.78, 5) is 15.4. The van der Waals surface area contributed by atoms with Gasteiger partial charge in [0.25, 0.3) is 0 Å². The van der Waals surface area contributed by atoms with Gasteiger partial charge >= 0.3 is 5.97 Å². The number of carboxylic acids is 1. The van der Waals surface area contributed by atoms with E-state index in [0.29, 0.717) is 12.2 Å². The fraction of sp³-hybridized carbons (Fsp3) is 0.200. The highest BCUT2D eigenvalue weighted by atomic mass is 16.5. The van der Waals surface area contributed by atoms with Gasteiger partial charge in [0.2, 0.25) is 0 Å². The number of hydrogen-bond donors (Lipinski definition) is 2. The van der Waals surface area contributed by atoms with Crippen LogP contribution in [0.3, 0.4) is 0 Å². The van der Waals surface area contributed by atoms with Crippen molar-refractivity contribution in [3.8, 4) is 5.75 Å². The van der Waals surface area contributed by atoms with Gasteiger partial charge in [-0.1, -0.05) is 18.2 Å². The predicted molar refractivity (Wildman–Crippen MR) is 78.2 cm³/mol. The van der Waals surface area contributed by atoms with E-state index < -0.39 is 12.0 Å². The molecule has 1 heterocycles. The van der Waals surface area contributed by atoms with Crippen LogP contribution >= 0.6 is 0 Å². The third kappa shape index (κ3) is 2.71. The largest absolute Gasteiger partial charge is 0.496 e. The number of carbonyl (C=O) groups is 1. The van der Waals surface area contributed by atoms with Gasteiger partial charge < -0.3 is 15.2 Å². The molecule has 5 nitrogen and oxygen atoms in total. The Labute approximate surface area is 116 Å². The zero-order valence-corrected chi connectivity index (χ0v) is 11.2. The summed E-state index contributed by atoms with van der Waals surface area (Å²) in [6.07, 6.45) is 3.51. The van der Waals surface area contributed by atoms with Crippen molar-refractivity contribution in [2.75, 3.05) is 12.4 Å². The van der Waals surface area contributed by atoms with Gasteiger partial charge in [0.05, 0.1) is 7.11 Å². The number of ether oxygens (including phenoxy) is 1. The molecule has 0 bridgehead atoms. The standard InChI is InChI=1S/C15H16N2O3/c1-3-5-12(15(18)19)17-14-11-6-4-7-13(20-2)10(11)8-9-16-14/h3-4,6-9,12H,1,5H2,2H3,(H,16,17)(H,18,19). The molecule has 1 aromatic carbocycles. The maximum absolute atomic E-state index is 11.2. The molecule has 20 heavy (non-hydrogen) atoms. The molecule has 0 saturated heterocycles. The van der Waals surface area contributed by atoms with Crippen molar-refractivity contribution in [2.45, 2.75) is 12.5 Å². The van der Waals surface area contributed by atoms with E-state index in [-0.39, 0.29) is 0 Å². The van der Waals surface area contributed by atoms with E-state index in [4.69, 9.17) is 4.74 Å². The third-order valence-corrected chi connectivity index (χ3v) is 3.00. The van der Waals surface area contributed by atoms with Gasteiger partial charge in [-0.2, -0.15) is 0 Å². The molecule has 104 valence electrons. The Morgan fingerprint density at radius 3 is 2.95 bits per heavy atom. The molecule has 0 fully saturated rings. The van der Waals surface area contributed by atoms with Crippen molar-refractivity contribution in [3.05, 3.63) is 43.1 Å². The Bertz CT molecular complexity index is 640. The Morgan fingerprint density at radius 2 is 2.30 bits per heavy atom. The topological polar surface area (TPSA) is 71.5 Å². The maximum atomic E-state index is 11.2. The van der Waals surface area contributed by atoms with Gasteiger partial charge in [-0.15, -0.1) is 6.58 Å². The van der Waals surface area contributed by atoms with Gasteiger partial charge in [-0.25, -0.2) is 9.78 Å². The lowest BCUT2D eigenvalue weighted by molar-refractivity contribution is -0.137. The van der Waals surface area contributed by atoms with Gasteiger partial charge in [0.1, 0.15) is 17.6 Å². The van der Waals surface area contributed by atoms with Crippen LogP contribution in [0.15, 0.2) is 43.1 Å². The van der Waals surface area contributed by atoms with Gasteiger partial charge in [0.15, 0.2) is 0 Å². The normalized spacial score (nSPS) is 11.8. The molecule has 0 saturated carbocycles. The number of benzene rings is 1. The second-order valence-electron chi connectivity index (χ2n) is 4.27. The van der Waals surface area contributed by atoms with Crippen molar-refractivity contribution >= 4 is 22.6 Å². The van der Waals surface area contributed by atoms with Crippen molar-refractivity contribution in [1.82, 2.24) is 4.98 Å². The molecular weight excluding hydrogens is 256 g/mol. The quantitative estimate of drug-likeness (QED) is 0.791. The van der Waals surface area contributed by atoms with Crippen LogP contribution in [-0.2, 0) is 4.79 Å². The molecule has 1 atom stereocenters. The number of fused-ring (bicyclic) bond motifs is 1. The van der Waals surface area contributed by atoms with E-state index in [9.17, 15) is 9.90 Å². The highest BCUT2D eigenvalue weighted by Gasteiger charge is 2.17. The van der Waals surface area contributed by atoms with Crippen LogP contribution in [0.2, 0.25) is 0 Å². The van der Waals surface area contributed by atoms with Crippen LogP contribution in [0.1, 0.15) is 6.42 Å². The first-order valence-corrected chi connectivity index (χ1v) is 6.19. The van der Waals surface area contributed by atoms with E-state index in [1.807, 2.05) is 24.3 Å². The Kier molecular flexibility index (Phi) is 4.20. The van der Waals surface area contributed by atoms with E-state index in [1.165, 1.54) is 0 Å². The summed E-state index contributed by atoms with van der Waals surface area (Å²) in [5.41, 5.74) is 0. The summed E-state index contributed by atoms with van der Waals surface area (Å²) >= 11 is 0. The first-order valence-electron chi connectivity index (χ1n) is 6.19. The number of carboxylic acid groups (broad SMARTS) is 1. The molecular formula is C15H16N2O3. The second kappa shape index (κ2) is 6.06. The van der Waals surface area contributed by atoms with Crippen LogP contribution in [0.4, 0.5) is 5.82 Å². The second-order valence-corrected chi connectivity index (χ2v) is 4.27. The average Bonchev–Trinajstić information content (AvgIpc) is 2.46. The number of nitrogens with zero attached hydrogens (tertiary/aromatic N) is 1. The van der Waals surface area contributed by atoms with Gasteiger partial charge in [-0.3, -0.25) is 0 Å². The molecule has 2 aromatic rings. The Morgan fingerprint density at radius 1 is 1.50 bits per heavy atom. The number of nitrogens with one attached hydrogen (secondary N) is 1. The fourth-order valence-electron chi connectivity index (χ4n) is 2.02. The Hall–Kier alpha value is -2.56. The summed E-state index contributed by atoms with van der Waals surface area (Å²) in [7, 11) is 1.60. The summed E-state index contributed by atoms with van der Waals surface area (Å²) in [5.74, 6) is 0.311. The van der Waals surface area contributed by atoms with E-state index in [1.54, 1.807) is 19.4 Å². The summed E-state index contributed by atoms with van der Waals surface area (Å²) in [6.45, 7) is 3.57. The molecule has 2 rings (SSSR count). The molecule has 0 aliphatic rings. The van der Waals surface area contributed by atoms with Crippen LogP contribution in [0.25, 0.3) is 10.8 Å². The number of anilines is 1. The number of methoxy groups -OCH3 is 1. The highest BCUT2D eigenvalue weighted by molar-refractivity contribution is 5.96. The van der Waals surface area contributed by atoms with E-state index in [0.717, 1.165) is 16.5 Å². The minimum atomic E-state index is -0.938. The van der Waals surface area contributed by atoms with E-state index in [2.05, 4.69) is 16.9 Å². The third-order valence-electron chi connectivity index (χ3n) is 3.00. The molecule has 2 N–H and O–H groups in total. The minimum absolute atomic E-state index is 0.317. The first kappa shape index (κ1) is 13.9. The van der Waals surface area contributed by atoms with Crippen molar-refractivity contribution in [1.29, 1.82) is 0 Å². The predicted octanol–water partition coefficient (Wildman–Crippen LogP) is 2.68. The lowest BCUT2D eigenvalue weighted by Crippen LogP contribution is -2.29. The number of aliphatic carboxylic acids is 1. The number of pyridine rings is 1. The number of hydrogen-bond acceptors (Lipinski definition) is 4. The van der Waals surface area contributed by atoms with Gasteiger partial charge in [-0.05, 0) is 18.6 Å². The SMILES string of the molecule is C=CCC(Nc1nccc2c(OC)cccc12)C(=O)O. The zero-order chi connectivity index (χ0) is 14.5. The smallest absolute Gasteiger partial charge is 0.326 e. The number of rotatable bonds is 6. The first-order chi connectivity index (χ1) is 9.67. The maximum Gasteiger partial charge on any atom is 0.326 e. The fourth-order valence-corrected chi connectivity index (χ4v) is 2.02. The molecule has 5 heteroatoms. The van der Waals surface area contributed by atoms with E-state index >= 15 is 0 Å². The number of aromatic nitrogens is 1. The monoisotopic (exact) mass is 272 g/mol. The lowest BCUT2D eigenvalue weighted by Gasteiger charge is -2.15. The average molecular weight is 272 g/mol. The molecule has 0 spiro atoms. The Balaban J connectivity index is 2.44. The summed E-state index contributed by atoms with van der Waals surface area (Å²) < 4.78 is 5.29. The lowest BCUT2D eigenvalue weighted by atomic mass is 10.1. The summed E-state index contributed by atoms with van der Waals surface area (Å²) in [6, 6.07) is 6.65. The minimum Gasteiger partial charge on any atom is -0.496 e. The van der Waals surface area contributed by atoms with Crippen LogP contribution < -0.4 is 10.1 Å². The molecule has 0 aliphatic heterocycles.